The molecule has 0 aromatic carbocycles. The Morgan fingerprint density at radius 1 is 1.47 bits per heavy atom. The smallest absolute Gasteiger partial charge is 0.180 e. The third-order valence-corrected chi connectivity index (χ3v) is 2.73. The SMILES string of the molecule is c1ncc2[nH]c(C3CCCOC3)nc2n1. The first-order valence-electron chi connectivity index (χ1n) is 5.17. The molecule has 1 atom stereocenters. The lowest BCUT2D eigenvalue weighted by atomic mass is 10.0. The number of hydrogen-bond donors (Lipinski definition) is 1. The highest BCUT2D eigenvalue weighted by Gasteiger charge is 2.19. The average molecular weight is 204 g/mol. The molecule has 3 rings (SSSR count). The Balaban J connectivity index is 1.96. The molecular weight excluding hydrogens is 192 g/mol. The van der Waals surface area contributed by atoms with Gasteiger partial charge in [-0.1, -0.05) is 0 Å². The van der Waals surface area contributed by atoms with Gasteiger partial charge in [0.05, 0.1) is 12.8 Å². The lowest BCUT2D eigenvalue weighted by Crippen LogP contribution is -2.16. The predicted molar refractivity (Wildman–Crippen MR) is 54.5 cm³/mol. The summed E-state index contributed by atoms with van der Waals surface area (Å²) in [5.74, 6) is 1.36. The van der Waals surface area contributed by atoms with E-state index in [1.54, 1.807) is 6.20 Å². The normalized spacial score (nSPS) is 22.0. The van der Waals surface area contributed by atoms with Gasteiger partial charge in [0.25, 0.3) is 0 Å². The van der Waals surface area contributed by atoms with E-state index in [9.17, 15) is 0 Å². The highest BCUT2D eigenvalue weighted by Crippen LogP contribution is 2.24. The number of fused-ring (bicyclic) bond motifs is 1. The van der Waals surface area contributed by atoms with E-state index in [1.807, 2.05) is 0 Å². The van der Waals surface area contributed by atoms with Crippen LogP contribution in [0.2, 0.25) is 0 Å². The topological polar surface area (TPSA) is 63.7 Å². The van der Waals surface area contributed by atoms with Gasteiger partial charge in [-0.05, 0) is 12.8 Å². The molecular formula is C10H12N4O. The molecule has 5 heteroatoms. The molecule has 0 amide bonds. The van der Waals surface area contributed by atoms with Crippen LogP contribution in [0.25, 0.3) is 11.2 Å². The third-order valence-electron chi connectivity index (χ3n) is 2.73. The number of rotatable bonds is 1. The lowest BCUT2D eigenvalue weighted by molar-refractivity contribution is 0.0784. The largest absolute Gasteiger partial charge is 0.381 e. The van der Waals surface area contributed by atoms with Gasteiger partial charge in [0, 0.05) is 12.5 Å². The first kappa shape index (κ1) is 8.79. The molecule has 78 valence electrons. The van der Waals surface area contributed by atoms with Gasteiger partial charge in [0.1, 0.15) is 17.7 Å². The van der Waals surface area contributed by atoms with Gasteiger partial charge in [0.2, 0.25) is 0 Å². The standard InChI is InChI=1S/C10H12N4O/c1-2-7(5-15-3-1)9-13-8-4-11-6-12-10(8)14-9/h4,6-7H,1-3,5H2,(H,11,12,13,14). The van der Waals surface area contributed by atoms with Gasteiger partial charge >= 0.3 is 0 Å². The molecule has 1 aliphatic heterocycles. The van der Waals surface area contributed by atoms with Gasteiger partial charge < -0.3 is 9.72 Å². The van der Waals surface area contributed by atoms with Crippen LogP contribution in [-0.4, -0.2) is 33.1 Å². The average Bonchev–Trinajstić information content (AvgIpc) is 2.74. The van der Waals surface area contributed by atoms with Gasteiger partial charge in [0.15, 0.2) is 5.65 Å². The van der Waals surface area contributed by atoms with Crippen LogP contribution in [0.3, 0.4) is 0 Å². The summed E-state index contributed by atoms with van der Waals surface area (Å²) in [5.41, 5.74) is 1.64. The highest BCUT2D eigenvalue weighted by atomic mass is 16.5. The number of ether oxygens (including phenoxy) is 1. The maximum Gasteiger partial charge on any atom is 0.180 e. The van der Waals surface area contributed by atoms with Crippen LogP contribution in [0.5, 0.6) is 0 Å². The summed E-state index contributed by atoms with van der Waals surface area (Å²) < 4.78 is 5.44. The van der Waals surface area contributed by atoms with Crippen LogP contribution in [0.15, 0.2) is 12.5 Å². The second-order valence-electron chi connectivity index (χ2n) is 3.80. The zero-order chi connectivity index (χ0) is 10.1. The number of H-pyrrole nitrogens is 1. The van der Waals surface area contributed by atoms with E-state index in [0.717, 1.165) is 43.0 Å². The number of nitrogens with zero attached hydrogens (tertiary/aromatic N) is 3. The molecule has 2 aromatic heterocycles. The maximum absolute atomic E-state index is 5.44. The monoisotopic (exact) mass is 204 g/mol. The Morgan fingerprint density at radius 2 is 2.47 bits per heavy atom. The molecule has 1 saturated heterocycles. The zero-order valence-electron chi connectivity index (χ0n) is 8.31. The third kappa shape index (κ3) is 1.59. The van der Waals surface area contributed by atoms with Crippen LogP contribution >= 0.6 is 0 Å². The molecule has 0 aliphatic carbocycles. The highest BCUT2D eigenvalue weighted by molar-refractivity contribution is 5.68. The van der Waals surface area contributed by atoms with E-state index in [2.05, 4.69) is 19.9 Å². The van der Waals surface area contributed by atoms with Crippen molar-refractivity contribution in [2.75, 3.05) is 13.2 Å². The molecule has 1 N–H and O–H groups in total. The Bertz CT molecular complexity index is 428. The quantitative estimate of drug-likeness (QED) is 0.759. The van der Waals surface area contributed by atoms with Crippen LogP contribution in [0.1, 0.15) is 24.6 Å². The van der Waals surface area contributed by atoms with Crippen molar-refractivity contribution in [3.8, 4) is 0 Å². The van der Waals surface area contributed by atoms with Crippen molar-refractivity contribution in [3.63, 3.8) is 0 Å². The Morgan fingerprint density at radius 3 is 3.27 bits per heavy atom. The molecule has 3 heterocycles. The molecule has 5 nitrogen and oxygen atoms in total. The number of imidazole rings is 1. The van der Waals surface area contributed by atoms with Crippen molar-refractivity contribution >= 4 is 11.2 Å². The van der Waals surface area contributed by atoms with E-state index in [1.165, 1.54) is 6.33 Å². The van der Waals surface area contributed by atoms with Gasteiger partial charge in [-0.3, -0.25) is 0 Å². The number of aromatic nitrogens is 4. The van der Waals surface area contributed by atoms with Crippen LogP contribution in [0.4, 0.5) is 0 Å². The second-order valence-corrected chi connectivity index (χ2v) is 3.80. The second kappa shape index (κ2) is 3.58. The van der Waals surface area contributed by atoms with Crippen LogP contribution < -0.4 is 0 Å². The minimum Gasteiger partial charge on any atom is -0.381 e. The molecule has 0 bridgehead atoms. The van der Waals surface area contributed by atoms with Crippen molar-refractivity contribution < 1.29 is 4.74 Å². The molecule has 0 saturated carbocycles. The molecule has 15 heavy (non-hydrogen) atoms. The molecule has 0 spiro atoms. The summed E-state index contributed by atoms with van der Waals surface area (Å²) in [6.07, 6.45) is 5.51. The first-order chi connectivity index (χ1) is 7.43. The summed E-state index contributed by atoms with van der Waals surface area (Å²) in [6, 6.07) is 0. The fourth-order valence-corrected chi connectivity index (χ4v) is 1.93. The summed E-state index contributed by atoms with van der Waals surface area (Å²) in [6.45, 7) is 1.63. The molecule has 1 aliphatic rings. The van der Waals surface area contributed by atoms with Gasteiger partial charge in [-0.2, -0.15) is 0 Å². The van der Waals surface area contributed by atoms with Crippen molar-refractivity contribution in [2.45, 2.75) is 18.8 Å². The summed E-state index contributed by atoms with van der Waals surface area (Å²) in [4.78, 5) is 15.8. The Kier molecular flexibility index (Phi) is 2.10. The van der Waals surface area contributed by atoms with E-state index in [0.29, 0.717) is 5.92 Å². The van der Waals surface area contributed by atoms with Crippen molar-refractivity contribution in [2.24, 2.45) is 0 Å². The maximum atomic E-state index is 5.44. The van der Waals surface area contributed by atoms with Crippen LogP contribution in [-0.2, 0) is 4.74 Å². The van der Waals surface area contributed by atoms with E-state index in [4.69, 9.17) is 4.74 Å². The molecule has 2 aromatic rings. The Labute approximate surface area is 86.9 Å². The Hall–Kier alpha value is -1.49. The summed E-state index contributed by atoms with van der Waals surface area (Å²) in [5, 5.41) is 0. The predicted octanol–water partition coefficient (Wildman–Crippen LogP) is 1.25. The van der Waals surface area contributed by atoms with E-state index >= 15 is 0 Å². The molecule has 1 fully saturated rings. The van der Waals surface area contributed by atoms with Crippen molar-refractivity contribution in [1.29, 1.82) is 0 Å². The number of nitrogens with one attached hydrogen (secondary N) is 1. The summed E-state index contributed by atoms with van der Waals surface area (Å²) in [7, 11) is 0. The fourth-order valence-electron chi connectivity index (χ4n) is 1.93. The van der Waals surface area contributed by atoms with Crippen LogP contribution in [0, 0.1) is 0 Å². The zero-order valence-corrected chi connectivity index (χ0v) is 8.31. The summed E-state index contributed by atoms with van der Waals surface area (Å²) >= 11 is 0. The van der Waals surface area contributed by atoms with E-state index < -0.39 is 0 Å². The minimum absolute atomic E-state index is 0.382. The number of hydrogen-bond acceptors (Lipinski definition) is 4. The fraction of sp³-hybridized carbons (Fsp3) is 0.500. The van der Waals surface area contributed by atoms with Crippen molar-refractivity contribution in [1.82, 2.24) is 19.9 Å². The first-order valence-corrected chi connectivity index (χ1v) is 5.17. The number of aromatic amines is 1. The minimum atomic E-state index is 0.382. The molecule has 0 radical (unpaired) electrons. The molecule has 1 unspecified atom stereocenters. The van der Waals surface area contributed by atoms with Gasteiger partial charge in [-0.15, -0.1) is 0 Å². The lowest BCUT2D eigenvalue weighted by Gasteiger charge is -2.19. The van der Waals surface area contributed by atoms with Crippen molar-refractivity contribution in [3.05, 3.63) is 18.3 Å². The van der Waals surface area contributed by atoms with Gasteiger partial charge in [-0.25, -0.2) is 15.0 Å². The van der Waals surface area contributed by atoms with E-state index in [-0.39, 0.29) is 0 Å².